The van der Waals surface area contributed by atoms with E-state index in [0.29, 0.717) is 16.5 Å². The number of fused-ring (bicyclic) bond motifs is 2. The summed E-state index contributed by atoms with van der Waals surface area (Å²) >= 11 is 0. The molecule has 4 rings (SSSR count). The van der Waals surface area contributed by atoms with Gasteiger partial charge in [0, 0.05) is 12.5 Å². The monoisotopic (exact) mass is 359 g/mol. The Labute approximate surface area is 154 Å². The number of hydrogen-bond donors (Lipinski definition) is 2. The van der Waals surface area contributed by atoms with E-state index in [9.17, 15) is 14.7 Å². The van der Waals surface area contributed by atoms with Crippen LogP contribution in [0.15, 0.2) is 76.1 Å². The standard InChI is InChI=1S/C22H17NO4/c1-13(24)23-21(17-12-27-19-9-5-4-8-16(19)22(17)26)20-15-7-3-2-6-14(15)10-11-18(20)25/h2-12,21,25H,1H3,(H,23,24). The molecular weight excluding hydrogens is 342 g/mol. The molecule has 2 N–H and O–H groups in total. The third kappa shape index (κ3) is 2.93. The molecule has 0 saturated heterocycles. The molecule has 0 aliphatic rings. The summed E-state index contributed by atoms with van der Waals surface area (Å²) in [7, 11) is 0. The zero-order chi connectivity index (χ0) is 19.0. The number of carbonyl (C=O) groups excluding carboxylic acids is 1. The van der Waals surface area contributed by atoms with Gasteiger partial charge in [0.2, 0.25) is 5.91 Å². The van der Waals surface area contributed by atoms with Crippen LogP contribution >= 0.6 is 0 Å². The van der Waals surface area contributed by atoms with Gasteiger partial charge in [-0.3, -0.25) is 9.59 Å². The number of hydrogen-bond acceptors (Lipinski definition) is 4. The first-order valence-electron chi connectivity index (χ1n) is 8.54. The van der Waals surface area contributed by atoms with Crippen molar-refractivity contribution in [2.75, 3.05) is 0 Å². The Bertz CT molecular complexity index is 1230. The lowest BCUT2D eigenvalue weighted by molar-refractivity contribution is -0.119. The lowest BCUT2D eigenvalue weighted by Crippen LogP contribution is -2.31. The van der Waals surface area contributed by atoms with Gasteiger partial charge in [0.15, 0.2) is 5.43 Å². The molecule has 5 nitrogen and oxygen atoms in total. The van der Waals surface area contributed by atoms with Crippen molar-refractivity contribution in [3.8, 4) is 5.75 Å². The third-order valence-electron chi connectivity index (χ3n) is 4.60. The van der Waals surface area contributed by atoms with Crippen molar-refractivity contribution >= 4 is 27.6 Å². The fourth-order valence-electron chi connectivity index (χ4n) is 3.39. The van der Waals surface area contributed by atoms with Crippen LogP contribution in [0.2, 0.25) is 0 Å². The SMILES string of the molecule is CC(=O)NC(c1coc2ccccc2c1=O)c1c(O)ccc2ccccc12. The molecule has 1 heterocycles. The number of benzene rings is 3. The molecule has 1 unspecified atom stereocenters. The topological polar surface area (TPSA) is 79.5 Å². The first kappa shape index (κ1) is 16.8. The third-order valence-corrected chi connectivity index (χ3v) is 4.60. The van der Waals surface area contributed by atoms with Gasteiger partial charge in [-0.25, -0.2) is 0 Å². The van der Waals surface area contributed by atoms with E-state index in [1.165, 1.54) is 13.2 Å². The number of para-hydroxylation sites is 1. The summed E-state index contributed by atoms with van der Waals surface area (Å²) in [4.78, 5) is 25.0. The van der Waals surface area contributed by atoms with Crippen LogP contribution in [0.4, 0.5) is 0 Å². The van der Waals surface area contributed by atoms with Crippen LogP contribution in [-0.2, 0) is 4.79 Å². The minimum atomic E-state index is -0.838. The number of nitrogens with one attached hydrogen (secondary N) is 1. The summed E-state index contributed by atoms with van der Waals surface area (Å²) in [5.74, 6) is -0.320. The first-order valence-corrected chi connectivity index (χ1v) is 8.54. The number of amides is 1. The van der Waals surface area contributed by atoms with Crippen LogP contribution in [0.1, 0.15) is 24.1 Å². The van der Waals surface area contributed by atoms with Gasteiger partial charge in [-0.15, -0.1) is 0 Å². The maximum atomic E-state index is 13.1. The van der Waals surface area contributed by atoms with Gasteiger partial charge in [-0.2, -0.15) is 0 Å². The maximum absolute atomic E-state index is 13.1. The lowest BCUT2D eigenvalue weighted by Gasteiger charge is -2.21. The highest BCUT2D eigenvalue weighted by atomic mass is 16.3. The van der Waals surface area contributed by atoms with E-state index >= 15 is 0 Å². The largest absolute Gasteiger partial charge is 0.508 e. The highest BCUT2D eigenvalue weighted by Crippen LogP contribution is 2.35. The molecule has 0 radical (unpaired) electrons. The van der Waals surface area contributed by atoms with Crippen LogP contribution < -0.4 is 10.7 Å². The minimum Gasteiger partial charge on any atom is -0.508 e. The normalized spacial score (nSPS) is 12.2. The molecule has 0 spiro atoms. The second kappa shape index (κ2) is 6.61. The van der Waals surface area contributed by atoms with Gasteiger partial charge in [-0.05, 0) is 29.0 Å². The summed E-state index contributed by atoms with van der Waals surface area (Å²) in [6, 6.07) is 16.9. The molecule has 1 amide bonds. The highest BCUT2D eigenvalue weighted by Gasteiger charge is 2.25. The van der Waals surface area contributed by atoms with Crippen molar-refractivity contribution in [3.05, 3.63) is 88.3 Å². The van der Waals surface area contributed by atoms with Crippen molar-refractivity contribution in [2.45, 2.75) is 13.0 Å². The average Bonchev–Trinajstić information content (AvgIpc) is 2.67. The molecule has 3 aromatic carbocycles. The second-order valence-electron chi connectivity index (χ2n) is 6.37. The fourth-order valence-corrected chi connectivity index (χ4v) is 3.39. The predicted octanol–water partition coefficient (Wildman–Crippen LogP) is 3.88. The summed E-state index contributed by atoms with van der Waals surface area (Å²) in [6.07, 6.45) is 1.35. The molecule has 0 fully saturated rings. The van der Waals surface area contributed by atoms with Crippen LogP contribution in [0.5, 0.6) is 5.75 Å². The van der Waals surface area contributed by atoms with Crippen LogP contribution in [-0.4, -0.2) is 11.0 Å². The van der Waals surface area contributed by atoms with E-state index in [-0.39, 0.29) is 22.6 Å². The summed E-state index contributed by atoms with van der Waals surface area (Å²) < 4.78 is 5.63. The molecule has 27 heavy (non-hydrogen) atoms. The zero-order valence-electron chi connectivity index (χ0n) is 14.6. The predicted molar refractivity (Wildman–Crippen MR) is 104 cm³/mol. The Balaban J connectivity index is 2.02. The van der Waals surface area contributed by atoms with Crippen molar-refractivity contribution in [3.63, 3.8) is 0 Å². The molecule has 0 aliphatic heterocycles. The van der Waals surface area contributed by atoms with Crippen LogP contribution in [0.25, 0.3) is 21.7 Å². The molecule has 0 bridgehead atoms. The summed E-state index contributed by atoms with van der Waals surface area (Å²) in [6.45, 7) is 1.37. The molecule has 5 heteroatoms. The molecule has 1 atom stereocenters. The zero-order valence-corrected chi connectivity index (χ0v) is 14.6. The summed E-state index contributed by atoms with van der Waals surface area (Å²) in [5, 5.41) is 15.4. The highest BCUT2D eigenvalue weighted by molar-refractivity contribution is 5.89. The number of rotatable bonds is 3. The van der Waals surface area contributed by atoms with Crippen molar-refractivity contribution in [2.24, 2.45) is 0 Å². The van der Waals surface area contributed by atoms with E-state index < -0.39 is 6.04 Å². The van der Waals surface area contributed by atoms with E-state index in [1.807, 2.05) is 24.3 Å². The Morgan fingerprint density at radius 1 is 1.00 bits per heavy atom. The lowest BCUT2D eigenvalue weighted by atomic mass is 9.93. The Morgan fingerprint density at radius 2 is 1.70 bits per heavy atom. The Hall–Kier alpha value is -3.60. The van der Waals surface area contributed by atoms with Gasteiger partial charge < -0.3 is 14.8 Å². The van der Waals surface area contributed by atoms with E-state index in [0.717, 1.165) is 10.8 Å². The van der Waals surface area contributed by atoms with Gasteiger partial charge in [0.25, 0.3) is 0 Å². The Kier molecular flexibility index (Phi) is 4.12. The minimum absolute atomic E-state index is 0.00000798. The quantitative estimate of drug-likeness (QED) is 0.582. The van der Waals surface area contributed by atoms with Gasteiger partial charge in [0.1, 0.15) is 17.6 Å². The molecule has 134 valence electrons. The molecular formula is C22H17NO4. The Morgan fingerprint density at radius 3 is 2.48 bits per heavy atom. The van der Waals surface area contributed by atoms with Crippen molar-refractivity contribution in [1.82, 2.24) is 5.32 Å². The van der Waals surface area contributed by atoms with E-state index in [2.05, 4.69) is 5.32 Å². The second-order valence-corrected chi connectivity index (χ2v) is 6.37. The van der Waals surface area contributed by atoms with Crippen molar-refractivity contribution in [1.29, 1.82) is 0 Å². The van der Waals surface area contributed by atoms with Crippen LogP contribution in [0.3, 0.4) is 0 Å². The van der Waals surface area contributed by atoms with Gasteiger partial charge >= 0.3 is 0 Å². The number of phenolic OH excluding ortho intramolecular Hbond substituents is 1. The van der Waals surface area contributed by atoms with Gasteiger partial charge in [0.05, 0.1) is 17.0 Å². The van der Waals surface area contributed by atoms with Crippen LogP contribution in [0, 0.1) is 0 Å². The average molecular weight is 359 g/mol. The van der Waals surface area contributed by atoms with Gasteiger partial charge in [-0.1, -0.05) is 42.5 Å². The molecule has 0 saturated carbocycles. The van der Waals surface area contributed by atoms with Crippen molar-refractivity contribution < 1.29 is 14.3 Å². The maximum Gasteiger partial charge on any atom is 0.217 e. The number of aromatic hydroxyl groups is 1. The number of phenols is 1. The van der Waals surface area contributed by atoms with E-state index in [4.69, 9.17) is 4.42 Å². The number of carbonyl (C=O) groups is 1. The first-order chi connectivity index (χ1) is 13.1. The molecule has 0 aliphatic carbocycles. The fraction of sp³-hybridized carbons (Fsp3) is 0.0909. The smallest absolute Gasteiger partial charge is 0.217 e. The summed E-state index contributed by atoms with van der Waals surface area (Å²) in [5.41, 5.74) is 0.944. The molecule has 4 aromatic rings. The van der Waals surface area contributed by atoms with E-state index in [1.54, 1.807) is 36.4 Å². The molecule has 1 aromatic heterocycles.